The van der Waals surface area contributed by atoms with E-state index < -0.39 is 23.1 Å². The van der Waals surface area contributed by atoms with Crippen molar-refractivity contribution in [3.63, 3.8) is 0 Å². The quantitative estimate of drug-likeness (QED) is 0.653. The van der Waals surface area contributed by atoms with Gasteiger partial charge in [0.1, 0.15) is 11.4 Å². The van der Waals surface area contributed by atoms with Gasteiger partial charge < -0.3 is 10.1 Å². The number of rotatable bonds is 2. The number of hydrogen-bond acceptors (Lipinski definition) is 2. The predicted octanol–water partition coefficient (Wildman–Crippen LogP) is 2.09. The fraction of sp³-hybridized carbons (Fsp3) is 0.364. The Morgan fingerprint density at radius 2 is 2.24 bits per heavy atom. The van der Waals surface area contributed by atoms with Crippen molar-refractivity contribution in [2.24, 2.45) is 0 Å². The van der Waals surface area contributed by atoms with Crippen molar-refractivity contribution in [2.75, 3.05) is 13.2 Å². The minimum Gasteiger partial charge on any atom is -0.379 e. The molecule has 1 atom stereocenters. The maximum absolute atomic E-state index is 13.6. The van der Waals surface area contributed by atoms with Gasteiger partial charge in [-0.25, -0.2) is 8.78 Å². The van der Waals surface area contributed by atoms with Crippen LogP contribution >= 0.6 is 22.6 Å². The molecule has 0 aliphatic carbocycles. The third-order valence-corrected chi connectivity index (χ3v) is 3.37. The molecule has 0 saturated carbocycles. The molecule has 0 aromatic heterocycles. The van der Waals surface area contributed by atoms with Gasteiger partial charge >= 0.3 is 0 Å². The Balaban J connectivity index is 2.21. The largest absolute Gasteiger partial charge is 0.379 e. The highest BCUT2D eigenvalue weighted by molar-refractivity contribution is 14.1. The molecule has 1 heterocycles. The Kier molecular flexibility index (Phi) is 3.93. The van der Waals surface area contributed by atoms with Gasteiger partial charge in [0, 0.05) is 10.2 Å². The molecule has 1 aromatic carbocycles. The van der Waals surface area contributed by atoms with Crippen LogP contribution in [0.4, 0.5) is 8.78 Å². The third kappa shape index (κ3) is 2.74. The van der Waals surface area contributed by atoms with E-state index >= 15 is 0 Å². The van der Waals surface area contributed by atoms with E-state index in [1.807, 2.05) is 0 Å². The number of carbonyl (C=O) groups excluding carboxylic acids is 1. The molecule has 0 bridgehead atoms. The van der Waals surface area contributed by atoms with Crippen molar-refractivity contribution >= 4 is 28.5 Å². The van der Waals surface area contributed by atoms with Crippen molar-refractivity contribution in [2.45, 2.75) is 12.5 Å². The van der Waals surface area contributed by atoms with Crippen LogP contribution in [-0.4, -0.2) is 25.2 Å². The van der Waals surface area contributed by atoms with Crippen LogP contribution in [0.2, 0.25) is 0 Å². The molecule has 1 amide bonds. The van der Waals surface area contributed by atoms with Gasteiger partial charge in [-0.15, -0.1) is 0 Å². The molecule has 1 saturated heterocycles. The van der Waals surface area contributed by atoms with Crippen molar-refractivity contribution in [3.8, 4) is 0 Å². The van der Waals surface area contributed by atoms with E-state index in [2.05, 4.69) is 5.32 Å². The standard InChI is InChI=1S/C11H10F2INO2/c12-7-1-2-8(14)10(13)9(7)11(16)15-6-3-4-17-5-6/h1-2,6H,3-5H2,(H,15,16). The number of ether oxygens (including phenoxy) is 1. The maximum Gasteiger partial charge on any atom is 0.257 e. The van der Waals surface area contributed by atoms with E-state index in [0.29, 0.717) is 19.6 Å². The lowest BCUT2D eigenvalue weighted by Gasteiger charge is -2.12. The topological polar surface area (TPSA) is 38.3 Å². The molecule has 1 aliphatic rings. The maximum atomic E-state index is 13.6. The Morgan fingerprint density at radius 1 is 1.47 bits per heavy atom. The van der Waals surface area contributed by atoms with E-state index in [0.717, 1.165) is 6.07 Å². The summed E-state index contributed by atoms with van der Waals surface area (Å²) in [5, 5.41) is 2.56. The van der Waals surface area contributed by atoms with E-state index in [1.165, 1.54) is 6.07 Å². The van der Waals surface area contributed by atoms with E-state index in [-0.39, 0.29) is 9.61 Å². The normalized spacial score (nSPS) is 19.4. The lowest BCUT2D eigenvalue weighted by atomic mass is 10.1. The van der Waals surface area contributed by atoms with Gasteiger partial charge in [0.2, 0.25) is 0 Å². The lowest BCUT2D eigenvalue weighted by molar-refractivity contribution is 0.0921. The van der Waals surface area contributed by atoms with Gasteiger partial charge in [-0.2, -0.15) is 0 Å². The van der Waals surface area contributed by atoms with Crippen LogP contribution in [0.1, 0.15) is 16.8 Å². The van der Waals surface area contributed by atoms with Crippen LogP contribution in [0.25, 0.3) is 0 Å². The highest BCUT2D eigenvalue weighted by atomic mass is 127. The van der Waals surface area contributed by atoms with Crippen LogP contribution < -0.4 is 5.32 Å². The molecule has 17 heavy (non-hydrogen) atoms. The first kappa shape index (κ1) is 12.7. The van der Waals surface area contributed by atoms with Crippen molar-refractivity contribution in [1.82, 2.24) is 5.32 Å². The highest BCUT2D eigenvalue weighted by Crippen LogP contribution is 2.19. The average Bonchev–Trinajstić information content (AvgIpc) is 2.77. The van der Waals surface area contributed by atoms with Gasteiger partial charge in [-0.1, -0.05) is 0 Å². The van der Waals surface area contributed by atoms with Gasteiger partial charge in [0.15, 0.2) is 5.82 Å². The molecule has 0 spiro atoms. The molecule has 1 aliphatic heterocycles. The summed E-state index contributed by atoms with van der Waals surface area (Å²) in [7, 11) is 0. The molecule has 1 unspecified atom stereocenters. The summed E-state index contributed by atoms with van der Waals surface area (Å²) in [6, 6.07) is 2.21. The van der Waals surface area contributed by atoms with Crippen LogP contribution in [0.5, 0.6) is 0 Å². The van der Waals surface area contributed by atoms with Gasteiger partial charge in [-0.05, 0) is 41.1 Å². The molecule has 6 heteroatoms. The number of hydrogen-bond donors (Lipinski definition) is 1. The molecular formula is C11H10F2INO2. The van der Waals surface area contributed by atoms with Gasteiger partial charge in [-0.3, -0.25) is 4.79 Å². The molecule has 0 radical (unpaired) electrons. The smallest absolute Gasteiger partial charge is 0.257 e. The number of carbonyl (C=O) groups is 1. The second-order valence-corrected chi connectivity index (χ2v) is 4.91. The molecule has 3 nitrogen and oxygen atoms in total. The first-order chi connectivity index (χ1) is 8.09. The number of halogens is 3. The van der Waals surface area contributed by atoms with Crippen molar-refractivity contribution in [3.05, 3.63) is 32.9 Å². The van der Waals surface area contributed by atoms with Crippen LogP contribution in [0.15, 0.2) is 12.1 Å². The highest BCUT2D eigenvalue weighted by Gasteiger charge is 2.24. The first-order valence-corrected chi connectivity index (χ1v) is 6.19. The molecule has 1 N–H and O–H groups in total. The van der Waals surface area contributed by atoms with Crippen molar-refractivity contribution < 1.29 is 18.3 Å². The summed E-state index contributed by atoms with van der Waals surface area (Å²) in [5.74, 6) is -2.39. The van der Waals surface area contributed by atoms with E-state index in [1.54, 1.807) is 22.6 Å². The zero-order chi connectivity index (χ0) is 12.4. The van der Waals surface area contributed by atoms with E-state index in [4.69, 9.17) is 4.74 Å². The van der Waals surface area contributed by atoms with Gasteiger partial charge in [0.25, 0.3) is 5.91 Å². The van der Waals surface area contributed by atoms with E-state index in [9.17, 15) is 13.6 Å². The summed E-state index contributed by atoms with van der Waals surface area (Å²) >= 11 is 1.72. The Bertz CT molecular complexity index is 447. The second-order valence-electron chi connectivity index (χ2n) is 3.75. The average molecular weight is 353 g/mol. The molecule has 1 aromatic rings. The third-order valence-electron chi connectivity index (χ3n) is 2.54. The van der Waals surface area contributed by atoms with Crippen molar-refractivity contribution in [1.29, 1.82) is 0 Å². The zero-order valence-corrected chi connectivity index (χ0v) is 11.0. The Hall–Kier alpha value is -0.760. The fourth-order valence-electron chi connectivity index (χ4n) is 1.64. The Labute approximate surface area is 111 Å². The van der Waals surface area contributed by atoms with Gasteiger partial charge in [0.05, 0.1) is 12.6 Å². The number of nitrogens with one attached hydrogen (secondary N) is 1. The predicted molar refractivity (Wildman–Crippen MR) is 65.8 cm³/mol. The summed E-state index contributed by atoms with van der Waals surface area (Å²) in [5.41, 5.74) is -0.524. The Morgan fingerprint density at radius 3 is 2.88 bits per heavy atom. The summed E-state index contributed by atoms with van der Waals surface area (Å²) < 4.78 is 32.4. The van der Waals surface area contributed by atoms with Crippen LogP contribution in [0.3, 0.4) is 0 Å². The second kappa shape index (κ2) is 5.26. The minimum atomic E-state index is -0.848. The monoisotopic (exact) mass is 353 g/mol. The summed E-state index contributed by atoms with van der Waals surface area (Å²) in [6.07, 6.45) is 0.666. The molecular weight excluding hydrogens is 343 g/mol. The summed E-state index contributed by atoms with van der Waals surface area (Å²) in [6.45, 7) is 0.946. The SMILES string of the molecule is O=C(NC1CCOC1)c1c(F)ccc(I)c1F. The molecule has 1 fully saturated rings. The van der Waals surface area contributed by atoms with Crippen LogP contribution in [-0.2, 0) is 4.74 Å². The minimum absolute atomic E-state index is 0.167. The van der Waals surface area contributed by atoms with Crippen LogP contribution in [0, 0.1) is 15.2 Å². The lowest BCUT2D eigenvalue weighted by Crippen LogP contribution is -2.36. The molecule has 2 rings (SSSR count). The number of amides is 1. The number of benzene rings is 1. The summed E-state index contributed by atoms with van der Waals surface area (Å²) in [4.78, 5) is 11.7. The zero-order valence-electron chi connectivity index (χ0n) is 8.80. The molecule has 92 valence electrons. The fourth-order valence-corrected chi connectivity index (χ4v) is 2.09. The first-order valence-electron chi connectivity index (χ1n) is 5.11.